The Labute approximate surface area is 111 Å². The summed E-state index contributed by atoms with van der Waals surface area (Å²) in [6, 6.07) is 4.64. The molecule has 18 heavy (non-hydrogen) atoms. The van der Waals surface area contributed by atoms with Crippen molar-refractivity contribution in [2.75, 3.05) is 13.7 Å². The maximum Gasteiger partial charge on any atom is 0.213 e. The summed E-state index contributed by atoms with van der Waals surface area (Å²) in [6.45, 7) is 7.83. The van der Waals surface area contributed by atoms with Crippen molar-refractivity contribution in [1.29, 1.82) is 0 Å². The molecule has 0 saturated heterocycles. The van der Waals surface area contributed by atoms with Crippen LogP contribution in [0.2, 0.25) is 0 Å². The van der Waals surface area contributed by atoms with Crippen LogP contribution in [0.25, 0.3) is 0 Å². The first-order valence-electron chi connectivity index (χ1n) is 6.88. The van der Waals surface area contributed by atoms with Crippen LogP contribution in [0.3, 0.4) is 0 Å². The normalized spacial score (nSPS) is 12.7. The number of pyridine rings is 1. The van der Waals surface area contributed by atoms with Crippen molar-refractivity contribution >= 4 is 0 Å². The number of hydrogen-bond acceptors (Lipinski definition) is 3. The molecule has 0 aliphatic carbocycles. The molecule has 1 N–H and O–H groups in total. The minimum atomic E-state index is 0.539. The molecule has 0 saturated carbocycles. The van der Waals surface area contributed by atoms with E-state index in [-0.39, 0.29) is 0 Å². The Balaban J connectivity index is 2.62. The summed E-state index contributed by atoms with van der Waals surface area (Å²) in [7, 11) is 1.66. The first-order valence-corrected chi connectivity index (χ1v) is 6.88. The first kappa shape index (κ1) is 15.0. The van der Waals surface area contributed by atoms with E-state index in [4.69, 9.17) is 4.74 Å². The van der Waals surface area contributed by atoms with Gasteiger partial charge >= 0.3 is 0 Å². The van der Waals surface area contributed by atoms with Crippen molar-refractivity contribution in [2.24, 2.45) is 5.92 Å². The predicted octanol–water partition coefficient (Wildman–Crippen LogP) is 3.05. The minimum absolute atomic E-state index is 0.539. The topological polar surface area (TPSA) is 34.2 Å². The number of nitrogens with one attached hydrogen (secondary N) is 1. The lowest BCUT2D eigenvalue weighted by Crippen LogP contribution is -2.33. The van der Waals surface area contributed by atoms with Gasteiger partial charge in [-0.15, -0.1) is 0 Å². The molecule has 1 unspecified atom stereocenters. The Kier molecular flexibility index (Phi) is 6.73. The monoisotopic (exact) mass is 250 g/mol. The fourth-order valence-electron chi connectivity index (χ4n) is 2.13. The van der Waals surface area contributed by atoms with Crippen molar-refractivity contribution < 1.29 is 4.74 Å². The quantitative estimate of drug-likeness (QED) is 0.770. The second-order valence-corrected chi connectivity index (χ2v) is 5.19. The third-order valence-electron chi connectivity index (χ3n) is 2.93. The molecule has 3 heteroatoms. The highest BCUT2D eigenvalue weighted by Crippen LogP contribution is 2.14. The van der Waals surface area contributed by atoms with Gasteiger partial charge in [-0.25, -0.2) is 4.98 Å². The van der Waals surface area contributed by atoms with E-state index in [0.717, 1.165) is 13.0 Å². The molecule has 0 spiro atoms. The summed E-state index contributed by atoms with van der Waals surface area (Å²) in [6.07, 6.45) is 5.23. The molecule has 0 amide bonds. The number of ether oxygens (including phenoxy) is 1. The molecule has 1 rings (SSSR count). The highest BCUT2D eigenvalue weighted by Gasteiger charge is 2.11. The van der Waals surface area contributed by atoms with Crippen LogP contribution in [0.1, 0.15) is 39.2 Å². The molecule has 3 nitrogen and oxygen atoms in total. The summed E-state index contributed by atoms with van der Waals surface area (Å²) in [5.74, 6) is 1.41. The lowest BCUT2D eigenvalue weighted by atomic mass is 9.97. The third kappa shape index (κ3) is 5.50. The van der Waals surface area contributed by atoms with Crippen LogP contribution in [-0.2, 0) is 6.42 Å². The Hall–Kier alpha value is -1.09. The van der Waals surface area contributed by atoms with E-state index < -0.39 is 0 Å². The van der Waals surface area contributed by atoms with Gasteiger partial charge in [-0.3, -0.25) is 0 Å². The van der Waals surface area contributed by atoms with Crippen LogP contribution < -0.4 is 10.1 Å². The fraction of sp³-hybridized carbons (Fsp3) is 0.667. The third-order valence-corrected chi connectivity index (χ3v) is 2.93. The molecule has 1 heterocycles. The van der Waals surface area contributed by atoms with E-state index in [0.29, 0.717) is 17.8 Å². The second kappa shape index (κ2) is 8.09. The molecule has 0 aromatic carbocycles. The van der Waals surface area contributed by atoms with Crippen LogP contribution in [0.4, 0.5) is 0 Å². The maximum absolute atomic E-state index is 5.17. The zero-order valence-corrected chi connectivity index (χ0v) is 12.1. The van der Waals surface area contributed by atoms with E-state index in [1.165, 1.54) is 18.4 Å². The molecule has 0 radical (unpaired) electrons. The van der Waals surface area contributed by atoms with Crippen molar-refractivity contribution in [3.8, 4) is 5.88 Å². The summed E-state index contributed by atoms with van der Waals surface area (Å²) in [5.41, 5.74) is 1.29. The van der Waals surface area contributed by atoms with Gasteiger partial charge in [0.25, 0.3) is 0 Å². The average molecular weight is 250 g/mol. The Morgan fingerprint density at radius 2 is 2.17 bits per heavy atom. The lowest BCUT2D eigenvalue weighted by molar-refractivity contribution is 0.394. The Morgan fingerprint density at radius 1 is 1.39 bits per heavy atom. The average Bonchev–Trinajstić information content (AvgIpc) is 2.35. The van der Waals surface area contributed by atoms with Crippen molar-refractivity contribution in [1.82, 2.24) is 10.3 Å². The Bertz CT molecular complexity index is 339. The largest absolute Gasteiger partial charge is 0.481 e. The van der Waals surface area contributed by atoms with E-state index in [1.807, 2.05) is 12.3 Å². The van der Waals surface area contributed by atoms with Crippen molar-refractivity contribution in [3.05, 3.63) is 23.9 Å². The van der Waals surface area contributed by atoms with Gasteiger partial charge in [0.1, 0.15) is 0 Å². The predicted molar refractivity (Wildman–Crippen MR) is 76.0 cm³/mol. The minimum Gasteiger partial charge on any atom is -0.481 e. The van der Waals surface area contributed by atoms with Gasteiger partial charge in [-0.05, 0) is 43.4 Å². The summed E-state index contributed by atoms with van der Waals surface area (Å²) >= 11 is 0. The number of aromatic nitrogens is 1. The summed E-state index contributed by atoms with van der Waals surface area (Å²) in [5, 5.41) is 3.63. The molecule has 0 aliphatic heterocycles. The molecular formula is C15H26N2O. The van der Waals surface area contributed by atoms with Gasteiger partial charge in [-0.2, -0.15) is 0 Å². The highest BCUT2D eigenvalue weighted by molar-refractivity contribution is 5.21. The number of rotatable bonds is 8. The standard InChI is InChI=1S/C15H26N2O/c1-5-7-16-14(9-12(2)3)10-13-6-8-17-15(11-13)18-4/h6,8,11-12,14,16H,5,7,9-10H2,1-4H3. The molecule has 0 fully saturated rings. The number of methoxy groups -OCH3 is 1. The molecule has 0 bridgehead atoms. The lowest BCUT2D eigenvalue weighted by Gasteiger charge is -2.20. The van der Waals surface area contributed by atoms with E-state index in [2.05, 4.69) is 37.1 Å². The van der Waals surface area contributed by atoms with Gasteiger partial charge < -0.3 is 10.1 Å². The van der Waals surface area contributed by atoms with Gasteiger partial charge in [0.2, 0.25) is 5.88 Å². The van der Waals surface area contributed by atoms with E-state index >= 15 is 0 Å². The summed E-state index contributed by atoms with van der Waals surface area (Å²) < 4.78 is 5.17. The Morgan fingerprint density at radius 3 is 2.78 bits per heavy atom. The maximum atomic E-state index is 5.17. The van der Waals surface area contributed by atoms with Crippen LogP contribution in [0.15, 0.2) is 18.3 Å². The van der Waals surface area contributed by atoms with Gasteiger partial charge in [0.05, 0.1) is 7.11 Å². The van der Waals surface area contributed by atoms with Crippen LogP contribution in [0.5, 0.6) is 5.88 Å². The molecule has 1 aromatic rings. The second-order valence-electron chi connectivity index (χ2n) is 5.19. The molecule has 1 aromatic heterocycles. The van der Waals surface area contributed by atoms with Crippen LogP contribution in [-0.4, -0.2) is 24.7 Å². The zero-order valence-electron chi connectivity index (χ0n) is 12.1. The smallest absolute Gasteiger partial charge is 0.213 e. The van der Waals surface area contributed by atoms with Gasteiger partial charge in [-0.1, -0.05) is 20.8 Å². The number of hydrogen-bond donors (Lipinski definition) is 1. The van der Waals surface area contributed by atoms with Crippen LogP contribution >= 0.6 is 0 Å². The molecule has 0 aliphatic rings. The first-order chi connectivity index (χ1) is 8.65. The van der Waals surface area contributed by atoms with Crippen molar-refractivity contribution in [2.45, 2.75) is 46.1 Å². The van der Waals surface area contributed by atoms with Crippen molar-refractivity contribution in [3.63, 3.8) is 0 Å². The highest BCUT2D eigenvalue weighted by atomic mass is 16.5. The van der Waals surface area contributed by atoms with Gasteiger partial charge in [0.15, 0.2) is 0 Å². The van der Waals surface area contributed by atoms with E-state index in [9.17, 15) is 0 Å². The summed E-state index contributed by atoms with van der Waals surface area (Å²) in [4.78, 5) is 4.15. The molecular weight excluding hydrogens is 224 g/mol. The van der Waals surface area contributed by atoms with Gasteiger partial charge in [0, 0.05) is 18.3 Å². The fourth-order valence-corrected chi connectivity index (χ4v) is 2.13. The molecule has 102 valence electrons. The van der Waals surface area contributed by atoms with E-state index in [1.54, 1.807) is 7.11 Å². The SMILES string of the molecule is CCCNC(Cc1ccnc(OC)c1)CC(C)C. The zero-order chi connectivity index (χ0) is 13.4. The van der Waals surface area contributed by atoms with Crippen LogP contribution in [0, 0.1) is 5.92 Å². The molecule has 1 atom stereocenters. The number of nitrogens with zero attached hydrogens (tertiary/aromatic N) is 1.